The summed E-state index contributed by atoms with van der Waals surface area (Å²) in [4.78, 5) is 47.2. The Balaban J connectivity index is 2.27. The summed E-state index contributed by atoms with van der Waals surface area (Å²) in [6.45, 7) is 1.42. The van der Waals surface area contributed by atoms with Crippen molar-refractivity contribution in [3.05, 3.63) is 75.8 Å². The number of benzene rings is 2. The number of nitrogens with one attached hydrogen (secondary N) is 1. The molecule has 2 aromatic carbocycles. The normalized spacial score (nSPS) is 12.5. The van der Waals surface area contributed by atoms with Crippen LogP contribution in [0, 0.1) is 16.0 Å². The predicted octanol–water partition coefficient (Wildman–Crippen LogP) is 3.06. The molecule has 1 amide bonds. The van der Waals surface area contributed by atoms with Crippen molar-refractivity contribution in [3.8, 4) is 0 Å². The lowest BCUT2D eigenvalue weighted by Gasteiger charge is -2.21. The Kier molecular flexibility index (Phi) is 8.54. The average molecular weight is 430 g/mol. The molecule has 0 heterocycles. The van der Waals surface area contributed by atoms with Gasteiger partial charge in [-0.05, 0) is 17.5 Å². The summed E-state index contributed by atoms with van der Waals surface area (Å²) in [6.07, 6.45) is 0.371. The minimum Gasteiger partial charge on any atom is -0.467 e. The minimum atomic E-state index is -1.21. The summed E-state index contributed by atoms with van der Waals surface area (Å²) in [5.74, 6) is -1.55. The number of amides is 1. The molecule has 2 rings (SSSR count). The molecule has 158 valence electrons. The van der Waals surface area contributed by atoms with Crippen molar-refractivity contribution in [2.75, 3.05) is 12.9 Å². The number of rotatable bonds is 9. The number of carbonyl (C=O) groups is 3. The second-order valence-corrected chi connectivity index (χ2v) is 7.70. The maximum atomic E-state index is 13.0. The third-order valence-electron chi connectivity index (χ3n) is 4.32. The lowest BCUT2D eigenvalue weighted by Crippen LogP contribution is -2.40. The number of nitro benzene ring substituents is 1. The fraction of sp³-hybridized carbons (Fsp3) is 0.286. The van der Waals surface area contributed by atoms with Gasteiger partial charge in [0.25, 0.3) is 5.69 Å². The van der Waals surface area contributed by atoms with Gasteiger partial charge in [-0.1, -0.05) is 54.2 Å². The maximum Gasteiger partial charge on any atom is 0.333 e. The van der Waals surface area contributed by atoms with Gasteiger partial charge in [0.15, 0.2) is 11.2 Å². The Hall–Kier alpha value is -3.20. The van der Waals surface area contributed by atoms with E-state index in [0.717, 1.165) is 17.3 Å². The lowest BCUT2D eigenvalue weighted by atomic mass is 9.99. The molecule has 0 spiro atoms. The molecule has 1 unspecified atom stereocenters. The van der Waals surface area contributed by atoms with Gasteiger partial charge in [0, 0.05) is 24.8 Å². The molecule has 8 nitrogen and oxygen atoms in total. The van der Waals surface area contributed by atoms with Crippen molar-refractivity contribution < 1.29 is 24.0 Å². The van der Waals surface area contributed by atoms with Crippen LogP contribution >= 0.6 is 11.8 Å². The number of esters is 1. The second-order valence-electron chi connectivity index (χ2n) is 6.51. The van der Waals surface area contributed by atoms with E-state index in [1.165, 1.54) is 38.3 Å². The van der Waals surface area contributed by atoms with E-state index < -0.39 is 28.8 Å². The molecule has 0 fully saturated rings. The number of hydrogen-bond donors (Lipinski definition) is 1. The predicted molar refractivity (Wildman–Crippen MR) is 113 cm³/mol. The largest absolute Gasteiger partial charge is 0.467 e. The van der Waals surface area contributed by atoms with E-state index in [0.29, 0.717) is 6.42 Å². The topological polar surface area (TPSA) is 116 Å². The molecule has 2 atom stereocenters. The molecule has 0 radical (unpaired) electrons. The van der Waals surface area contributed by atoms with E-state index in [9.17, 15) is 24.5 Å². The number of hydrogen-bond acceptors (Lipinski definition) is 7. The van der Waals surface area contributed by atoms with Crippen LogP contribution in [-0.4, -0.2) is 34.8 Å². The molecule has 0 aliphatic rings. The summed E-state index contributed by atoms with van der Waals surface area (Å²) in [6, 6.07) is 13.6. The second kappa shape index (κ2) is 11.1. The molecule has 0 aliphatic carbocycles. The van der Waals surface area contributed by atoms with Gasteiger partial charge in [-0.3, -0.25) is 19.7 Å². The maximum absolute atomic E-state index is 13.0. The van der Waals surface area contributed by atoms with Crippen molar-refractivity contribution in [3.63, 3.8) is 0 Å². The highest BCUT2D eigenvalue weighted by Gasteiger charge is 2.29. The summed E-state index contributed by atoms with van der Waals surface area (Å²) in [7, 11) is 1.17. The van der Waals surface area contributed by atoms with Crippen LogP contribution < -0.4 is 5.32 Å². The molecule has 0 bridgehead atoms. The van der Waals surface area contributed by atoms with Crippen LogP contribution in [0.1, 0.15) is 24.1 Å². The molecule has 0 aromatic heterocycles. The van der Waals surface area contributed by atoms with Gasteiger partial charge in [-0.2, -0.15) is 0 Å². The molecule has 0 saturated carbocycles. The molecular formula is C21H22N2O6S. The Labute approximate surface area is 178 Å². The van der Waals surface area contributed by atoms with Crippen molar-refractivity contribution >= 4 is 34.4 Å². The Morgan fingerprint density at radius 1 is 1.13 bits per heavy atom. The van der Waals surface area contributed by atoms with Crippen molar-refractivity contribution in [1.82, 2.24) is 5.32 Å². The van der Waals surface area contributed by atoms with Crippen molar-refractivity contribution in [2.24, 2.45) is 5.92 Å². The standard InChI is InChI=1S/C21H22N2O6S/c1-14(24)30-13-17(11-15-7-4-3-5-8-15)20(25)22-19(21(26)29-2)16-9-6-10-18(12-16)23(27)28/h3-10,12,17,19H,11,13H2,1-2H3,(H,22,25)/t17?,19-/m1/s1. The highest BCUT2D eigenvalue weighted by atomic mass is 32.2. The molecular weight excluding hydrogens is 408 g/mol. The molecule has 2 aromatic rings. The van der Waals surface area contributed by atoms with Gasteiger partial charge in [0.1, 0.15) is 0 Å². The van der Waals surface area contributed by atoms with Crippen LogP contribution in [-0.2, 0) is 25.5 Å². The fourth-order valence-electron chi connectivity index (χ4n) is 2.82. The highest BCUT2D eigenvalue weighted by Crippen LogP contribution is 2.22. The molecule has 1 N–H and O–H groups in total. The smallest absolute Gasteiger partial charge is 0.333 e. The SMILES string of the molecule is COC(=O)[C@H](NC(=O)C(CSC(C)=O)Cc1ccccc1)c1cccc([N+](=O)[O-])c1. The number of non-ortho nitro benzene ring substituents is 1. The first-order chi connectivity index (χ1) is 14.3. The third-order valence-corrected chi connectivity index (χ3v) is 5.30. The number of thioether (sulfide) groups is 1. The summed E-state index contributed by atoms with van der Waals surface area (Å²) in [5.41, 5.74) is 0.942. The zero-order valence-electron chi connectivity index (χ0n) is 16.6. The summed E-state index contributed by atoms with van der Waals surface area (Å²) >= 11 is 1.03. The van der Waals surface area contributed by atoms with E-state index >= 15 is 0 Å². The first-order valence-electron chi connectivity index (χ1n) is 9.11. The van der Waals surface area contributed by atoms with Gasteiger partial charge in [0.05, 0.1) is 18.0 Å². The van der Waals surface area contributed by atoms with Gasteiger partial charge in [-0.25, -0.2) is 4.79 Å². The fourth-order valence-corrected chi connectivity index (χ4v) is 3.52. The third kappa shape index (κ3) is 6.70. The number of nitro groups is 1. The van der Waals surface area contributed by atoms with Crippen LogP contribution in [0.2, 0.25) is 0 Å². The quantitative estimate of drug-likeness (QED) is 0.369. The molecule has 9 heteroatoms. The molecule has 0 saturated heterocycles. The summed E-state index contributed by atoms with van der Waals surface area (Å²) < 4.78 is 4.78. The van der Waals surface area contributed by atoms with Gasteiger partial charge < -0.3 is 10.1 Å². The van der Waals surface area contributed by atoms with Crippen LogP contribution in [0.15, 0.2) is 54.6 Å². The number of nitrogens with zero attached hydrogens (tertiary/aromatic N) is 1. The molecule has 30 heavy (non-hydrogen) atoms. The van der Waals surface area contributed by atoms with Crippen molar-refractivity contribution in [2.45, 2.75) is 19.4 Å². The van der Waals surface area contributed by atoms with Gasteiger partial charge in [-0.15, -0.1) is 0 Å². The first-order valence-corrected chi connectivity index (χ1v) is 10.1. The number of ether oxygens (including phenoxy) is 1. The monoisotopic (exact) mass is 430 g/mol. The van der Waals surface area contributed by atoms with Gasteiger partial charge >= 0.3 is 5.97 Å². The Morgan fingerprint density at radius 3 is 2.43 bits per heavy atom. The Bertz CT molecular complexity index is 919. The molecule has 0 aliphatic heterocycles. The lowest BCUT2D eigenvalue weighted by molar-refractivity contribution is -0.384. The Morgan fingerprint density at radius 2 is 1.83 bits per heavy atom. The van der Waals surface area contributed by atoms with E-state index in [4.69, 9.17) is 4.74 Å². The highest BCUT2D eigenvalue weighted by molar-refractivity contribution is 8.13. The van der Waals surface area contributed by atoms with Crippen LogP contribution in [0.5, 0.6) is 0 Å². The summed E-state index contributed by atoms with van der Waals surface area (Å²) in [5, 5.41) is 13.6. The van der Waals surface area contributed by atoms with E-state index in [-0.39, 0.29) is 22.1 Å². The average Bonchev–Trinajstić information content (AvgIpc) is 2.74. The zero-order chi connectivity index (χ0) is 22.1. The van der Waals surface area contributed by atoms with Crippen LogP contribution in [0.25, 0.3) is 0 Å². The number of carbonyl (C=O) groups excluding carboxylic acids is 3. The van der Waals surface area contributed by atoms with Crippen LogP contribution in [0.4, 0.5) is 5.69 Å². The van der Waals surface area contributed by atoms with E-state index in [1.807, 2.05) is 30.3 Å². The van der Waals surface area contributed by atoms with Gasteiger partial charge in [0.2, 0.25) is 5.91 Å². The number of methoxy groups -OCH3 is 1. The first kappa shape index (κ1) is 23.1. The minimum absolute atomic E-state index is 0.121. The van der Waals surface area contributed by atoms with Crippen LogP contribution in [0.3, 0.4) is 0 Å². The van der Waals surface area contributed by atoms with E-state index in [2.05, 4.69) is 5.32 Å². The van der Waals surface area contributed by atoms with Crippen molar-refractivity contribution in [1.29, 1.82) is 0 Å². The zero-order valence-corrected chi connectivity index (χ0v) is 17.4. The van der Waals surface area contributed by atoms with E-state index in [1.54, 1.807) is 0 Å².